The van der Waals surface area contributed by atoms with Crippen molar-refractivity contribution in [3.05, 3.63) is 30.2 Å². The third-order valence-electron chi connectivity index (χ3n) is 4.07. The fourth-order valence-corrected chi connectivity index (χ4v) is 2.70. The number of nitrogens with zero attached hydrogens (tertiary/aromatic N) is 4. The second kappa shape index (κ2) is 8.59. The molecule has 2 aromatic rings. The Balaban J connectivity index is 1.53. The Morgan fingerprint density at radius 2 is 2.00 bits per heavy atom. The van der Waals surface area contributed by atoms with Crippen molar-refractivity contribution >= 4 is 23.1 Å². The molecule has 2 aromatic heterocycles. The summed E-state index contributed by atoms with van der Waals surface area (Å²) < 4.78 is 5.36. The Labute approximate surface area is 147 Å². The van der Waals surface area contributed by atoms with Crippen LogP contribution in [0.15, 0.2) is 24.5 Å². The molecule has 0 amide bonds. The topological polar surface area (TPSA) is 101 Å². The number of aryl methyl sites for hydroxylation is 1. The number of pyridine rings is 1. The Bertz CT molecular complexity index is 688. The number of nitrogens with one attached hydrogen (secondary N) is 2. The highest BCUT2D eigenvalue weighted by Gasteiger charge is 2.11. The lowest BCUT2D eigenvalue weighted by molar-refractivity contribution is 0.0378. The maximum atomic E-state index is 6.19. The predicted molar refractivity (Wildman–Crippen MR) is 99.1 cm³/mol. The van der Waals surface area contributed by atoms with Crippen LogP contribution in [0.4, 0.5) is 23.1 Å². The number of nitrogen functional groups attached to an aromatic ring is 1. The first-order valence-corrected chi connectivity index (χ1v) is 8.57. The van der Waals surface area contributed by atoms with E-state index in [1.165, 1.54) is 6.33 Å². The van der Waals surface area contributed by atoms with Crippen LogP contribution in [-0.4, -0.2) is 59.2 Å². The van der Waals surface area contributed by atoms with Gasteiger partial charge in [-0.2, -0.15) is 0 Å². The van der Waals surface area contributed by atoms with Crippen molar-refractivity contribution in [3.63, 3.8) is 0 Å². The summed E-state index contributed by atoms with van der Waals surface area (Å²) >= 11 is 0. The molecule has 0 bridgehead atoms. The number of hydrogen-bond donors (Lipinski definition) is 3. The average Bonchev–Trinajstić information content (AvgIpc) is 2.62. The van der Waals surface area contributed by atoms with Gasteiger partial charge in [-0.05, 0) is 32.0 Å². The molecule has 3 rings (SSSR count). The summed E-state index contributed by atoms with van der Waals surface area (Å²) in [5.74, 6) is 1.92. The van der Waals surface area contributed by atoms with Gasteiger partial charge in [-0.1, -0.05) is 6.07 Å². The molecule has 3 heterocycles. The minimum Gasteiger partial charge on any atom is -0.393 e. The zero-order valence-electron chi connectivity index (χ0n) is 14.5. The second-order valence-electron chi connectivity index (χ2n) is 6.01. The third kappa shape index (κ3) is 5.01. The standard InChI is InChI=1S/C17H25N7O/c1-13-4-2-5-14(22-13)23-17-15(18)16(20-12-21-17)19-6-3-7-24-8-10-25-11-9-24/h2,4-5,12H,3,6-11,18H2,1H3,(H2,19,20,21,22,23). The van der Waals surface area contributed by atoms with Gasteiger partial charge in [0.15, 0.2) is 11.6 Å². The first kappa shape index (κ1) is 17.4. The number of hydrogen-bond acceptors (Lipinski definition) is 8. The SMILES string of the molecule is Cc1cccc(Nc2ncnc(NCCCN3CCOCC3)c2N)n1. The van der Waals surface area contributed by atoms with Gasteiger partial charge in [-0.3, -0.25) is 4.90 Å². The average molecular weight is 343 g/mol. The van der Waals surface area contributed by atoms with Gasteiger partial charge in [0.1, 0.15) is 17.8 Å². The van der Waals surface area contributed by atoms with E-state index in [4.69, 9.17) is 10.5 Å². The van der Waals surface area contributed by atoms with Crippen molar-refractivity contribution in [2.24, 2.45) is 0 Å². The van der Waals surface area contributed by atoms with E-state index in [2.05, 4.69) is 30.5 Å². The molecule has 0 aliphatic carbocycles. The van der Waals surface area contributed by atoms with Crippen LogP contribution in [0, 0.1) is 6.92 Å². The number of aromatic nitrogens is 3. The molecule has 25 heavy (non-hydrogen) atoms. The molecule has 4 N–H and O–H groups in total. The van der Waals surface area contributed by atoms with E-state index in [0.29, 0.717) is 23.1 Å². The van der Waals surface area contributed by atoms with Crippen LogP contribution in [0.25, 0.3) is 0 Å². The van der Waals surface area contributed by atoms with Gasteiger partial charge in [0.25, 0.3) is 0 Å². The van der Waals surface area contributed by atoms with Crippen molar-refractivity contribution in [3.8, 4) is 0 Å². The van der Waals surface area contributed by atoms with E-state index < -0.39 is 0 Å². The van der Waals surface area contributed by atoms with E-state index in [1.54, 1.807) is 0 Å². The molecule has 0 aromatic carbocycles. The summed E-state index contributed by atoms with van der Waals surface area (Å²) in [4.78, 5) is 15.3. The van der Waals surface area contributed by atoms with E-state index in [-0.39, 0.29) is 0 Å². The highest BCUT2D eigenvalue weighted by Crippen LogP contribution is 2.24. The van der Waals surface area contributed by atoms with Gasteiger partial charge in [0, 0.05) is 25.3 Å². The summed E-state index contributed by atoms with van der Waals surface area (Å²) in [5.41, 5.74) is 7.62. The first-order chi connectivity index (χ1) is 12.2. The van der Waals surface area contributed by atoms with Crippen LogP contribution in [0.3, 0.4) is 0 Å². The highest BCUT2D eigenvalue weighted by atomic mass is 16.5. The zero-order chi connectivity index (χ0) is 17.5. The minimum atomic E-state index is 0.497. The van der Waals surface area contributed by atoms with Gasteiger partial charge < -0.3 is 21.1 Å². The van der Waals surface area contributed by atoms with Crippen LogP contribution >= 0.6 is 0 Å². The summed E-state index contributed by atoms with van der Waals surface area (Å²) in [6.45, 7) is 7.46. The quantitative estimate of drug-likeness (QED) is 0.652. The third-order valence-corrected chi connectivity index (χ3v) is 4.07. The molecule has 134 valence electrons. The Morgan fingerprint density at radius 3 is 2.80 bits per heavy atom. The summed E-state index contributed by atoms with van der Waals surface area (Å²) in [6, 6.07) is 5.76. The Kier molecular flexibility index (Phi) is 5.97. The molecular formula is C17H25N7O. The summed E-state index contributed by atoms with van der Waals surface area (Å²) in [7, 11) is 0. The summed E-state index contributed by atoms with van der Waals surface area (Å²) in [6.07, 6.45) is 2.52. The number of morpholine rings is 1. The predicted octanol–water partition coefficient (Wildman–Crippen LogP) is 1.64. The van der Waals surface area contributed by atoms with E-state index >= 15 is 0 Å². The van der Waals surface area contributed by atoms with Crippen molar-refractivity contribution < 1.29 is 4.74 Å². The van der Waals surface area contributed by atoms with Crippen LogP contribution in [0.5, 0.6) is 0 Å². The monoisotopic (exact) mass is 343 g/mol. The molecular weight excluding hydrogens is 318 g/mol. The van der Waals surface area contributed by atoms with Gasteiger partial charge in [-0.25, -0.2) is 15.0 Å². The number of ether oxygens (including phenoxy) is 1. The number of nitrogens with two attached hydrogens (primary N) is 1. The van der Waals surface area contributed by atoms with E-state index in [9.17, 15) is 0 Å². The van der Waals surface area contributed by atoms with Crippen molar-refractivity contribution in [2.45, 2.75) is 13.3 Å². The Hall–Kier alpha value is -2.45. The molecule has 8 heteroatoms. The van der Waals surface area contributed by atoms with Crippen LogP contribution in [0.1, 0.15) is 12.1 Å². The molecule has 0 spiro atoms. The van der Waals surface area contributed by atoms with Crippen LogP contribution in [0.2, 0.25) is 0 Å². The fraction of sp³-hybridized carbons (Fsp3) is 0.471. The van der Waals surface area contributed by atoms with Crippen molar-refractivity contribution in [1.82, 2.24) is 19.9 Å². The lowest BCUT2D eigenvalue weighted by Gasteiger charge is -2.26. The molecule has 0 atom stereocenters. The van der Waals surface area contributed by atoms with Gasteiger partial charge in [-0.15, -0.1) is 0 Å². The second-order valence-corrected chi connectivity index (χ2v) is 6.01. The summed E-state index contributed by atoms with van der Waals surface area (Å²) in [5, 5.41) is 6.44. The van der Waals surface area contributed by atoms with Gasteiger partial charge in [0.2, 0.25) is 0 Å². The molecule has 1 fully saturated rings. The zero-order valence-corrected chi connectivity index (χ0v) is 14.5. The minimum absolute atomic E-state index is 0.497. The lowest BCUT2D eigenvalue weighted by Crippen LogP contribution is -2.37. The van der Waals surface area contributed by atoms with Gasteiger partial charge in [0.05, 0.1) is 13.2 Å². The number of anilines is 4. The Morgan fingerprint density at radius 1 is 1.20 bits per heavy atom. The van der Waals surface area contributed by atoms with Crippen molar-refractivity contribution in [1.29, 1.82) is 0 Å². The first-order valence-electron chi connectivity index (χ1n) is 8.57. The van der Waals surface area contributed by atoms with E-state index in [1.807, 2.05) is 25.1 Å². The molecule has 1 saturated heterocycles. The molecule has 1 aliphatic heterocycles. The number of rotatable bonds is 7. The smallest absolute Gasteiger partial charge is 0.160 e. The van der Waals surface area contributed by atoms with E-state index in [0.717, 1.165) is 51.5 Å². The maximum Gasteiger partial charge on any atom is 0.160 e. The van der Waals surface area contributed by atoms with Crippen LogP contribution in [-0.2, 0) is 4.74 Å². The highest BCUT2D eigenvalue weighted by molar-refractivity contribution is 5.76. The molecule has 8 nitrogen and oxygen atoms in total. The van der Waals surface area contributed by atoms with Crippen molar-refractivity contribution in [2.75, 3.05) is 55.8 Å². The molecule has 1 aliphatic rings. The normalized spacial score (nSPS) is 15.1. The fourth-order valence-electron chi connectivity index (χ4n) is 2.70. The van der Waals surface area contributed by atoms with Gasteiger partial charge >= 0.3 is 0 Å². The van der Waals surface area contributed by atoms with Crippen LogP contribution < -0.4 is 16.4 Å². The molecule has 0 radical (unpaired) electrons. The lowest BCUT2D eigenvalue weighted by atomic mass is 10.3. The largest absolute Gasteiger partial charge is 0.393 e. The molecule has 0 saturated carbocycles. The molecule has 0 unspecified atom stereocenters. The maximum absolute atomic E-state index is 6.19.